The van der Waals surface area contributed by atoms with Crippen molar-refractivity contribution in [3.63, 3.8) is 0 Å². The van der Waals surface area contributed by atoms with Crippen molar-refractivity contribution >= 4 is 0 Å². The van der Waals surface area contributed by atoms with E-state index in [1.54, 1.807) is 4.68 Å². The van der Waals surface area contributed by atoms with Crippen LogP contribution in [0.4, 0.5) is 0 Å². The highest BCUT2D eigenvalue weighted by molar-refractivity contribution is 5.35. The Balaban J connectivity index is 2.15. The summed E-state index contributed by atoms with van der Waals surface area (Å²) < 4.78 is 7.25. The van der Waals surface area contributed by atoms with E-state index in [0.29, 0.717) is 13.2 Å². The summed E-state index contributed by atoms with van der Waals surface area (Å²) >= 11 is 0. The Morgan fingerprint density at radius 1 is 1.33 bits per heavy atom. The van der Waals surface area contributed by atoms with Gasteiger partial charge in [-0.05, 0) is 26.0 Å². The van der Waals surface area contributed by atoms with Crippen LogP contribution >= 0.6 is 0 Å². The third-order valence-corrected chi connectivity index (χ3v) is 2.71. The van der Waals surface area contributed by atoms with Crippen molar-refractivity contribution in [3.8, 4) is 5.75 Å². The molecular formula is C14H18N2O2. The van der Waals surface area contributed by atoms with Crippen molar-refractivity contribution in [1.82, 2.24) is 9.78 Å². The molecule has 0 fully saturated rings. The van der Waals surface area contributed by atoms with E-state index >= 15 is 0 Å². The number of aliphatic hydroxyl groups excluding tert-OH is 1. The third-order valence-electron chi connectivity index (χ3n) is 2.71. The molecule has 1 heterocycles. The van der Waals surface area contributed by atoms with Gasteiger partial charge in [-0.2, -0.15) is 5.10 Å². The number of para-hydroxylation sites is 1. The fourth-order valence-electron chi connectivity index (χ4n) is 1.88. The Morgan fingerprint density at radius 2 is 2.11 bits per heavy atom. The van der Waals surface area contributed by atoms with E-state index in [0.717, 1.165) is 17.0 Å². The molecule has 4 nitrogen and oxygen atoms in total. The number of benzene rings is 1. The Labute approximate surface area is 107 Å². The second-order valence-corrected chi connectivity index (χ2v) is 4.17. The summed E-state index contributed by atoms with van der Waals surface area (Å²) in [6, 6.07) is 9.47. The van der Waals surface area contributed by atoms with E-state index < -0.39 is 6.10 Å². The van der Waals surface area contributed by atoms with Gasteiger partial charge in [-0.1, -0.05) is 18.2 Å². The normalized spacial score (nSPS) is 12.4. The van der Waals surface area contributed by atoms with Gasteiger partial charge in [-0.3, -0.25) is 4.68 Å². The van der Waals surface area contributed by atoms with Crippen molar-refractivity contribution in [3.05, 3.63) is 47.8 Å². The summed E-state index contributed by atoms with van der Waals surface area (Å²) in [7, 11) is 0. The van der Waals surface area contributed by atoms with Gasteiger partial charge < -0.3 is 9.84 Å². The highest BCUT2D eigenvalue weighted by Crippen LogP contribution is 2.25. The largest absolute Gasteiger partial charge is 0.493 e. The molecule has 1 atom stereocenters. The Morgan fingerprint density at radius 3 is 2.78 bits per heavy atom. The fraction of sp³-hybridized carbons (Fsp3) is 0.357. The lowest BCUT2D eigenvalue weighted by Gasteiger charge is -2.15. The molecule has 2 aromatic rings. The van der Waals surface area contributed by atoms with Crippen LogP contribution in [-0.2, 0) is 6.54 Å². The molecule has 0 radical (unpaired) electrons. The van der Waals surface area contributed by atoms with Gasteiger partial charge in [-0.15, -0.1) is 0 Å². The molecule has 18 heavy (non-hydrogen) atoms. The van der Waals surface area contributed by atoms with Crippen LogP contribution in [0.1, 0.15) is 24.3 Å². The number of rotatable bonds is 5. The molecule has 0 bridgehead atoms. The second-order valence-electron chi connectivity index (χ2n) is 4.17. The topological polar surface area (TPSA) is 47.3 Å². The molecule has 0 aliphatic rings. The number of aryl methyl sites for hydroxylation is 1. The number of ether oxygens (including phenoxy) is 1. The molecule has 1 unspecified atom stereocenters. The minimum absolute atomic E-state index is 0.428. The van der Waals surface area contributed by atoms with Crippen LogP contribution in [-0.4, -0.2) is 21.5 Å². The average Bonchev–Trinajstić information content (AvgIpc) is 2.76. The molecule has 0 amide bonds. The van der Waals surface area contributed by atoms with E-state index in [4.69, 9.17) is 4.74 Å². The van der Waals surface area contributed by atoms with Crippen LogP contribution in [0.3, 0.4) is 0 Å². The van der Waals surface area contributed by atoms with Crippen molar-refractivity contribution in [2.75, 3.05) is 6.61 Å². The van der Waals surface area contributed by atoms with Gasteiger partial charge >= 0.3 is 0 Å². The molecule has 0 saturated carbocycles. The van der Waals surface area contributed by atoms with E-state index in [2.05, 4.69) is 5.10 Å². The average molecular weight is 246 g/mol. The summed E-state index contributed by atoms with van der Waals surface area (Å²) in [5, 5.41) is 14.5. The first-order chi connectivity index (χ1) is 8.70. The van der Waals surface area contributed by atoms with Crippen molar-refractivity contribution in [2.45, 2.75) is 26.5 Å². The highest BCUT2D eigenvalue weighted by atomic mass is 16.5. The van der Waals surface area contributed by atoms with Gasteiger partial charge in [0.05, 0.1) is 18.8 Å². The zero-order chi connectivity index (χ0) is 13.0. The maximum absolute atomic E-state index is 10.2. The maximum atomic E-state index is 10.2. The lowest BCUT2D eigenvalue weighted by atomic mass is 10.1. The summed E-state index contributed by atoms with van der Waals surface area (Å²) in [5.41, 5.74) is 1.74. The lowest BCUT2D eigenvalue weighted by Crippen LogP contribution is -2.11. The number of hydrogen-bond donors (Lipinski definition) is 1. The Bertz CT molecular complexity index is 508. The van der Waals surface area contributed by atoms with Gasteiger partial charge in [0, 0.05) is 11.8 Å². The van der Waals surface area contributed by atoms with Gasteiger partial charge in [-0.25, -0.2) is 0 Å². The summed E-state index contributed by atoms with van der Waals surface area (Å²) in [6.45, 7) is 4.87. The van der Waals surface area contributed by atoms with Gasteiger partial charge in [0.1, 0.15) is 11.9 Å². The van der Waals surface area contributed by atoms with Gasteiger partial charge in [0.25, 0.3) is 0 Å². The number of aromatic nitrogens is 2. The van der Waals surface area contributed by atoms with Crippen molar-refractivity contribution in [2.24, 2.45) is 0 Å². The SMILES string of the molecule is CCOc1ccccc1C(O)Cn1ccc(C)n1. The monoisotopic (exact) mass is 246 g/mol. The zero-order valence-electron chi connectivity index (χ0n) is 10.7. The van der Waals surface area contributed by atoms with Crippen LogP contribution in [0.2, 0.25) is 0 Å². The molecule has 1 aromatic heterocycles. The quantitative estimate of drug-likeness (QED) is 0.880. The maximum Gasteiger partial charge on any atom is 0.125 e. The lowest BCUT2D eigenvalue weighted by molar-refractivity contribution is 0.146. The van der Waals surface area contributed by atoms with Gasteiger partial charge in [0.15, 0.2) is 0 Å². The molecule has 0 saturated heterocycles. The summed E-state index contributed by atoms with van der Waals surface area (Å²) in [4.78, 5) is 0. The van der Waals surface area contributed by atoms with Crippen LogP contribution in [0.5, 0.6) is 5.75 Å². The Kier molecular flexibility index (Phi) is 3.99. The predicted molar refractivity (Wildman–Crippen MR) is 69.5 cm³/mol. The third kappa shape index (κ3) is 2.90. The predicted octanol–water partition coefficient (Wildman–Crippen LogP) is 2.32. The van der Waals surface area contributed by atoms with Crippen molar-refractivity contribution in [1.29, 1.82) is 0 Å². The molecule has 0 spiro atoms. The molecular weight excluding hydrogens is 228 g/mol. The minimum Gasteiger partial charge on any atom is -0.493 e. The van der Waals surface area contributed by atoms with Crippen molar-refractivity contribution < 1.29 is 9.84 Å². The van der Waals surface area contributed by atoms with E-state index in [9.17, 15) is 5.11 Å². The Hall–Kier alpha value is -1.81. The van der Waals surface area contributed by atoms with Crippen LogP contribution in [0.25, 0.3) is 0 Å². The van der Waals surface area contributed by atoms with Crippen LogP contribution in [0, 0.1) is 6.92 Å². The van der Waals surface area contributed by atoms with E-state index in [-0.39, 0.29) is 0 Å². The molecule has 4 heteroatoms. The first kappa shape index (κ1) is 12.6. The highest BCUT2D eigenvalue weighted by Gasteiger charge is 2.13. The van der Waals surface area contributed by atoms with Crippen LogP contribution in [0.15, 0.2) is 36.5 Å². The molecule has 0 aliphatic heterocycles. The first-order valence-electron chi connectivity index (χ1n) is 6.10. The standard InChI is InChI=1S/C14H18N2O2/c1-3-18-14-7-5-4-6-12(14)13(17)10-16-9-8-11(2)15-16/h4-9,13,17H,3,10H2,1-2H3. The minimum atomic E-state index is -0.618. The molecule has 96 valence electrons. The molecule has 0 aliphatic carbocycles. The summed E-state index contributed by atoms with van der Waals surface area (Å²) in [5.74, 6) is 0.733. The smallest absolute Gasteiger partial charge is 0.125 e. The number of nitrogens with zero attached hydrogens (tertiary/aromatic N) is 2. The van der Waals surface area contributed by atoms with Gasteiger partial charge in [0.2, 0.25) is 0 Å². The summed E-state index contributed by atoms with van der Waals surface area (Å²) in [6.07, 6.45) is 1.24. The molecule has 2 rings (SSSR count). The van der Waals surface area contributed by atoms with E-state index in [1.165, 1.54) is 0 Å². The zero-order valence-corrected chi connectivity index (χ0v) is 10.7. The fourth-order valence-corrected chi connectivity index (χ4v) is 1.88. The first-order valence-corrected chi connectivity index (χ1v) is 6.10. The molecule has 1 aromatic carbocycles. The number of aliphatic hydroxyl groups is 1. The van der Waals surface area contributed by atoms with E-state index in [1.807, 2.05) is 50.4 Å². The second kappa shape index (κ2) is 5.69. The number of hydrogen-bond acceptors (Lipinski definition) is 3. The van der Waals surface area contributed by atoms with Crippen LogP contribution < -0.4 is 4.74 Å². The molecule has 1 N–H and O–H groups in total.